The summed E-state index contributed by atoms with van der Waals surface area (Å²) in [5, 5.41) is 8.76. The van der Waals surface area contributed by atoms with Crippen LogP contribution in [-0.2, 0) is 4.79 Å². The van der Waals surface area contributed by atoms with Gasteiger partial charge in [-0.05, 0) is 34.1 Å². The van der Waals surface area contributed by atoms with Crippen LogP contribution >= 0.6 is 15.9 Å². The molecule has 2 rings (SSSR count). The zero-order chi connectivity index (χ0) is 11.7. The summed E-state index contributed by atoms with van der Waals surface area (Å²) in [5.74, 6) is -0.841. The normalized spacial score (nSPS) is 19.9. The van der Waals surface area contributed by atoms with Crippen LogP contribution in [0.5, 0.6) is 0 Å². The van der Waals surface area contributed by atoms with Gasteiger partial charge in [-0.25, -0.2) is 4.39 Å². The molecule has 0 aliphatic carbocycles. The highest BCUT2D eigenvalue weighted by Gasteiger charge is 2.31. The second-order valence-corrected chi connectivity index (χ2v) is 4.48. The van der Waals surface area contributed by atoms with Crippen LogP contribution in [0.3, 0.4) is 0 Å². The first-order chi connectivity index (χ1) is 7.61. The molecule has 1 fully saturated rings. The second kappa shape index (κ2) is 4.22. The van der Waals surface area contributed by atoms with Crippen LogP contribution in [0.4, 0.5) is 10.1 Å². The maximum Gasteiger partial charge on any atom is 0.228 e. The lowest BCUT2D eigenvalue weighted by Crippen LogP contribution is -2.24. The van der Waals surface area contributed by atoms with Crippen molar-refractivity contribution in [3.63, 3.8) is 0 Å². The molecule has 16 heavy (non-hydrogen) atoms. The van der Waals surface area contributed by atoms with Crippen molar-refractivity contribution < 1.29 is 9.18 Å². The third kappa shape index (κ3) is 1.93. The topological polar surface area (TPSA) is 44.1 Å². The molecule has 1 aliphatic rings. The number of hydrogen-bond acceptors (Lipinski definition) is 2. The minimum Gasteiger partial charge on any atom is -0.310 e. The molecule has 0 spiro atoms. The molecule has 1 atom stereocenters. The Hall–Kier alpha value is -1.41. The molecule has 82 valence electrons. The van der Waals surface area contributed by atoms with Gasteiger partial charge in [0.25, 0.3) is 0 Å². The summed E-state index contributed by atoms with van der Waals surface area (Å²) in [7, 11) is 0. The summed E-state index contributed by atoms with van der Waals surface area (Å²) < 4.78 is 13.7. The fourth-order valence-electron chi connectivity index (χ4n) is 1.72. The molecule has 3 nitrogen and oxygen atoms in total. The molecule has 0 radical (unpaired) electrons. The van der Waals surface area contributed by atoms with Gasteiger partial charge in [-0.1, -0.05) is 0 Å². The number of anilines is 1. The Labute approximate surface area is 101 Å². The van der Waals surface area contributed by atoms with Crippen LogP contribution in [-0.4, -0.2) is 12.5 Å². The lowest BCUT2D eigenvalue weighted by atomic mass is 10.1. The molecule has 0 aromatic heterocycles. The predicted molar refractivity (Wildman–Crippen MR) is 60.2 cm³/mol. The van der Waals surface area contributed by atoms with Crippen molar-refractivity contribution in [3.8, 4) is 6.07 Å². The summed E-state index contributed by atoms with van der Waals surface area (Å²) in [6, 6.07) is 6.22. The molecule has 1 aliphatic heterocycles. The Morgan fingerprint density at radius 3 is 2.94 bits per heavy atom. The highest BCUT2D eigenvalue weighted by molar-refractivity contribution is 9.10. The van der Waals surface area contributed by atoms with E-state index < -0.39 is 5.82 Å². The van der Waals surface area contributed by atoms with Crippen molar-refractivity contribution in [2.24, 2.45) is 5.92 Å². The average molecular weight is 283 g/mol. The Morgan fingerprint density at radius 1 is 1.56 bits per heavy atom. The molecule has 1 saturated heterocycles. The average Bonchev–Trinajstić information content (AvgIpc) is 2.63. The van der Waals surface area contributed by atoms with Gasteiger partial charge < -0.3 is 4.90 Å². The van der Waals surface area contributed by atoms with E-state index >= 15 is 0 Å². The number of nitrogens with zero attached hydrogens (tertiary/aromatic N) is 2. The molecule has 0 bridgehead atoms. The Bertz CT molecular complexity index is 483. The highest BCUT2D eigenvalue weighted by Crippen LogP contribution is 2.31. The standard InChI is InChI=1S/C11H8BrFN2O/c12-9-2-1-8(13)4-10(9)15-6-7(5-14)3-11(15)16/h1-2,4,7H,3,6H2. The number of carbonyl (C=O) groups is 1. The zero-order valence-electron chi connectivity index (χ0n) is 8.28. The quantitative estimate of drug-likeness (QED) is 0.794. The molecule has 0 N–H and O–H groups in total. The third-order valence-corrected chi connectivity index (χ3v) is 3.18. The Kier molecular flexibility index (Phi) is 2.92. The monoisotopic (exact) mass is 282 g/mol. The van der Waals surface area contributed by atoms with E-state index in [1.807, 2.05) is 0 Å². The van der Waals surface area contributed by atoms with Gasteiger partial charge in [0, 0.05) is 17.4 Å². The number of amides is 1. The predicted octanol–water partition coefficient (Wildman–Crippen LogP) is 2.46. The first kappa shape index (κ1) is 11.1. The van der Waals surface area contributed by atoms with E-state index in [-0.39, 0.29) is 18.2 Å². The minimum atomic E-state index is -0.397. The van der Waals surface area contributed by atoms with Crippen LogP contribution in [0.1, 0.15) is 6.42 Å². The smallest absolute Gasteiger partial charge is 0.228 e. The Balaban J connectivity index is 2.35. The van der Waals surface area contributed by atoms with Gasteiger partial charge in [0.2, 0.25) is 5.91 Å². The minimum absolute atomic E-state index is 0.141. The number of carbonyl (C=O) groups excluding carboxylic acids is 1. The lowest BCUT2D eigenvalue weighted by Gasteiger charge is -2.17. The highest BCUT2D eigenvalue weighted by atomic mass is 79.9. The number of hydrogen-bond donors (Lipinski definition) is 0. The summed E-state index contributed by atoms with van der Waals surface area (Å²) in [6.07, 6.45) is 0.208. The van der Waals surface area contributed by atoms with Crippen LogP contribution in [0, 0.1) is 23.1 Å². The summed E-state index contributed by atoms with van der Waals surface area (Å²) in [5.41, 5.74) is 0.489. The maximum atomic E-state index is 13.1. The van der Waals surface area contributed by atoms with E-state index in [1.165, 1.54) is 17.0 Å². The molecular weight excluding hydrogens is 275 g/mol. The van der Waals surface area contributed by atoms with Crippen molar-refractivity contribution in [1.82, 2.24) is 0 Å². The SMILES string of the molecule is N#CC1CC(=O)N(c2cc(F)ccc2Br)C1. The molecule has 5 heteroatoms. The first-order valence-corrected chi connectivity index (χ1v) is 5.56. The second-order valence-electron chi connectivity index (χ2n) is 3.63. The van der Waals surface area contributed by atoms with Crippen LogP contribution < -0.4 is 4.90 Å². The number of nitriles is 1. The molecule has 1 amide bonds. The van der Waals surface area contributed by atoms with E-state index in [0.29, 0.717) is 16.7 Å². The van der Waals surface area contributed by atoms with Gasteiger partial charge in [0.05, 0.1) is 17.7 Å². The number of halogens is 2. The molecule has 1 heterocycles. The molecule has 0 saturated carbocycles. The number of benzene rings is 1. The molecule has 1 aromatic carbocycles. The van der Waals surface area contributed by atoms with E-state index in [4.69, 9.17) is 5.26 Å². The summed E-state index contributed by atoms with van der Waals surface area (Å²) >= 11 is 3.27. The fourth-order valence-corrected chi connectivity index (χ4v) is 2.18. The van der Waals surface area contributed by atoms with E-state index in [9.17, 15) is 9.18 Å². The van der Waals surface area contributed by atoms with Crippen LogP contribution in [0.15, 0.2) is 22.7 Å². The summed E-state index contributed by atoms with van der Waals surface area (Å²) in [4.78, 5) is 13.1. The fraction of sp³-hybridized carbons (Fsp3) is 0.273. The van der Waals surface area contributed by atoms with Crippen molar-refractivity contribution in [2.45, 2.75) is 6.42 Å². The van der Waals surface area contributed by atoms with Gasteiger partial charge in [-0.3, -0.25) is 4.79 Å². The Morgan fingerprint density at radius 2 is 2.31 bits per heavy atom. The molecule has 1 unspecified atom stereocenters. The van der Waals surface area contributed by atoms with Crippen molar-refractivity contribution in [2.75, 3.05) is 11.4 Å². The van der Waals surface area contributed by atoms with Gasteiger partial charge in [-0.2, -0.15) is 5.26 Å². The largest absolute Gasteiger partial charge is 0.310 e. The van der Waals surface area contributed by atoms with Crippen LogP contribution in [0.2, 0.25) is 0 Å². The maximum absolute atomic E-state index is 13.1. The molecule has 1 aromatic rings. The molecular formula is C11H8BrFN2O. The summed E-state index contributed by atoms with van der Waals surface area (Å²) in [6.45, 7) is 0.331. The van der Waals surface area contributed by atoms with Gasteiger partial charge in [0.1, 0.15) is 5.82 Å². The van der Waals surface area contributed by atoms with Crippen molar-refractivity contribution >= 4 is 27.5 Å². The van der Waals surface area contributed by atoms with E-state index in [2.05, 4.69) is 22.0 Å². The number of rotatable bonds is 1. The van der Waals surface area contributed by atoms with Gasteiger partial charge >= 0.3 is 0 Å². The van der Waals surface area contributed by atoms with E-state index in [1.54, 1.807) is 6.07 Å². The zero-order valence-corrected chi connectivity index (χ0v) is 9.87. The first-order valence-electron chi connectivity index (χ1n) is 4.77. The van der Waals surface area contributed by atoms with Crippen LogP contribution in [0.25, 0.3) is 0 Å². The van der Waals surface area contributed by atoms with Crippen molar-refractivity contribution in [1.29, 1.82) is 5.26 Å². The van der Waals surface area contributed by atoms with E-state index in [0.717, 1.165) is 0 Å². The lowest BCUT2D eigenvalue weighted by molar-refractivity contribution is -0.117. The van der Waals surface area contributed by atoms with Crippen molar-refractivity contribution in [3.05, 3.63) is 28.5 Å². The van der Waals surface area contributed by atoms with Gasteiger partial charge in [0.15, 0.2) is 0 Å². The van der Waals surface area contributed by atoms with Gasteiger partial charge in [-0.15, -0.1) is 0 Å². The third-order valence-electron chi connectivity index (χ3n) is 2.51.